The molecule has 2 aromatic carbocycles. The van der Waals surface area contributed by atoms with Crippen LogP contribution in [0.15, 0.2) is 42.5 Å². The number of piperidine rings is 1. The fourth-order valence-electron chi connectivity index (χ4n) is 3.66. The number of hydrogen-bond donors (Lipinski definition) is 6. The molecule has 0 saturated carbocycles. The maximum absolute atomic E-state index is 12.6. The van der Waals surface area contributed by atoms with E-state index in [2.05, 4.69) is 21.3 Å². The molecule has 0 unspecified atom stereocenters. The van der Waals surface area contributed by atoms with E-state index in [0.29, 0.717) is 18.4 Å². The molecule has 1 aliphatic heterocycles. The van der Waals surface area contributed by atoms with E-state index >= 15 is 0 Å². The van der Waals surface area contributed by atoms with Gasteiger partial charge in [-0.1, -0.05) is 23.7 Å². The quantitative estimate of drug-likeness (QED) is 0.301. The number of phenols is 1. The third-order valence-electron chi connectivity index (χ3n) is 5.63. The van der Waals surface area contributed by atoms with Crippen LogP contribution in [0, 0.1) is 5.92 Å². The van der Waals surface area contributed by atoms with Crippen LogP contribution in [0.25, 0.3) is 0 Å². The Labute approximate surface area is 207 Å². The summed E-state index contributed by atoms with van der Waals surface area (Å²) < 4.78 is 0. The molecular formula is C24H27ClN4O6. The van der Waals surface area contributed by atoms with Crippen LogP contribution in [0.5, 0.6) is 5.75 Å². The van der Waals surface area contributed by atoms with Crippen LogP contribution in [0.3, 0.4) is 0 Å². The van der Waals surface area contributed by atoms with Gasteiger partial charge in [-0.2, -0.15) is 0 Å². The van der Waals surface area contributed by atoms with E-state index in [1.165, 1.54) is 30.3 Å². The first-order valence-electron chi connectivity index (χ1n) is 11.1. The lowest BCUT2D eigenvalue weighted by atomic mass is 9.97. The van der Waals surface area contributed by atoms with Crippen LogP contribution in [0.4, 0.5) is 0 Å². The minimum absolute atomic E-state index is 0.00729. The zero-order chi connectivity index (χ0) is 25.4. The molecular weight excluding hydrogens is 476 g/mol. The summed E-state index contributed by atoms with van der Waals surface area (Å²) in [5.41, 5.74) is 0.898. The van der Waals surface area contributed by atoms with Crippen molar-refractivity contribution in [2.24, 2.45) is 5.92 Å². The van der Waals surface area contributed by atoms with E-state index in [-0.39, 0.29) is 46.8 Å². The van der Waals surface area contributed by atoms with Crippen LogP contribution in [-0.2, 0) is 16.1 Å². The fraction of sp³-hybridized carbons (Fsp3) is 0.333. The maximum atomic E-state index is 12.6. The van der Waals surface area contributed by atoms with Gasteiger partial charge in [-0.15, -0.1) is 0 Å². The molecule has 0 spiro atoms. The van der Waals surface area contributed by atoms with E-state index in [1.807, 2.05) is 0 Å². The predicted octanol–water partition coefficient (Wildman–Crippen LogP) is 1.27. The minimum Gasteiger partial charge on any atom is -0.508 e. The summed E-state index contributed by atoms with van der Waals surface area (Å²) in [5, 5.41) is 29.7. The minimum atomic E-state index is -1.35. The second-order valence-electron chi connectivity index (χ2n) is 8.18. The van der Waals surface area contributed by atoms with Crippen LogP contribution in [0.1, 0.15) is 39.1 Å². The molecule has 1 saturated heterocycles. The van der Waals surface area contributed by atoms with Gasteiger partial charge in [-0.25, -0.2) is 4.79 Å². The number of carboxylic acids is 1. The largest absolute Gasteiger partial charge is 0.508 e. The Morgan fingerprint density at radius 3 is 2.43 bits per heavy atom. The number of benzene rings is 2. The molecule has 1 heterocycles. The molecule has 10 nitrogen and oxygen atoms in total. The van der Waals surface area contributed by atoms with Gasteiger partial charge in [0, 0.05) is 24.6 Å². The maximum Gasteiger partial charge on any atom is 0.328 e. The lowest BCUT2D eigenvalue weighted by Crippen LogP contribution is -2.50. The Balaban J connectivity index is 1.57. The van der Waals surface area contributed by atoms with Crippen molar-refractivity contribution in [3.05, 3.63) is 64.2 Å². The van der Waals surface area contributed by atoms with Gasteiger partial charge in [0.2, 0.25) is 5.91 Å². The van der Waals surface area contributed by atoms with E-state index in [0.717, 1.165) is 13.1 Å². The van der Waals surface area contributed by atoms with Crippen LogP contribution in [-0.4, -0.2) is 59.6 Å². The third kappa shape index (κ3) is 7.43. The molecule has 1 fully saturated rings. The van der Waals surface area contributed by atoms with Crippen LogP contribution >= 0.6 is 11.6 Å². The van der Waals surface area contributed by atoms with Gasteiger partial charge in [-0.3, -0.25) is 14.4 Å². The second kappa shape index (κ2) is 12.2. The first-order valence-corrected chi connectivity index (χ1v) is 11.5. The number of nitrogens with one attached hydrogen (secondary N) is 4. The van der Waals surface area contributed by atoms with Crippen LogP contribution in [0.2, 0.25) is 5.02 Å². The summed E-state index contributed by atoms with van der Waals surface area (Å²) in [6, 6.07) is 9.12. The molecule has 6 N–H and O–H groups in total. The second-order valence-corrected chi connectivity index (χ2v) is 8.59. The van der Waals surface area contributed by atoms with Gasteiger partial charge in [0.1, 0.15) is 11.8 Å². The van der Waals surface area contributed by atoms with Crippen molar-refractivity contribution in [1.29, 1.82) is 0 Å². The molecule has 11 heteroatoms. The smallest absolute Gasteiger partial charge is 0.328 e. The summed E-state index contributed by atoms with van der Waals surface area (Å²) in [7, 11) is 0. The van der Waals surface area contributed by atoms with Crippen molar-refractivity contribution in [3.63, 3.8) is 0 Å². The standard InChI is InChI=1S/C24H27ClN4O6/c25-19-11-16(22(32)27-12-14-2-1-3-17(30)10-14)4-5-18(19)23(33)29-20(24(34)35)13-28-21(31)15-6-8-26-9-7-15/h1-5,10-11,15,20,26,30H,6-9,12-13H2,(H,27,32)(H,28,31)(H,29,33)(H,34,35)/t20-/m0/s1. The lowest BCUT2D eigenvalue weighted by Gasteiger charge is -2.23. The number of aromatic hydroxyl groups is 1. The number of aliphatic carboxylic acids is 1. The number of rotatable bonds is 9. The van der Waals surface area contributed by atoms with E-state index in [9.17, 15) is 29.4 Å². The first-order chi connectivity index (χ1) is 16.7. The number of carbonyl (C=O) groups is 4. The molecule has 3 rings (SSSR count). The highest BCUT2D eigenvalue weighted by atomic mass is 35.5. The van der Waals surface area contributed by atoms with E-state index in [4.69, 9.17) is 11.6 Å². The zero-order valence-corrected chi connectivity index (χ0v) is 19.6. The first kappa shape index (κ1) is 26.0. The number of halogens is 1. The molecule has 186 valence electrons. The van der Waals surface area contributed by atoms with Crippen molar-refractivity contribution < 1.29 is 29.4 Å². The van der Waals surface area contributed by atoms with Gasteiger partial charge < -0.3 is 31.5 Å². The molecule has 0 bridgehead atoms. The average molecular weight is 503 g/mol. The number of hydrogen-bond acceptors (Lipinski definition) is 6. The van der Waals surface area contributed by atoms with Gasteiger partial charge in [0.25, 0.3) is 11.8 Å². The monoisotopic (exact) mass is 502 g/mol. The molecule has 0 radical (unpaired) electrons. The molecule has 0 aromatic heterocycles. The Morgan fingerprint density at radius 1 is 1.03 bits per heavy atom. The highest BCUT2D eigenvalue weighted by Gasteiger charge is 2.26. The summed E-state index contributed by atoms with van der Waals surface area (Å²) in [6.07, 6.45) is 1.33. The van der Waals surface area contributed by atoms with Gasteiger partial charge in [-0.05, 0) is 61.8 Å². The summed E-state index contributed by atoms with van der Waals surface area (Å²) >= 11 is 6.20. The molecule has 0 aliphatic carbocycles. The Morgan fingerprint density at radius 2 is 1.77 bits per heavy atom. The lowest BCUT2D eigenvalue weighted by molar-refractivity contribution is -0.139. The molecule has 35 heavy (non-hydrogen) atoms. The van der Waals surface area contributed by atoms with Crippen LogP contribution < -0.4 is 21.3 Å². The average Bonchev–Trinajstić information content (AvgIpc) is 2.85. The molecule has 1 atom stereocenters. The van der Waals surface area contributed by atoms with E-state index in [1.54, 1.807) is 12.1 Å². The number of carboxylic acid groups (broad SMARTS) is 1. The molecule has 2 aromatic rings. The van der Waals surface area contributed by atoms with Crippen molar-refractivity contribution in [3.8, 4) is 5.75 Å². The predicted molar refractivity (Wildman–Crippen MR) is 128 cm³/mol. The normalized spacial score (nSPS) is 14.5. The number of amides is 3. The third-order valence-corrected chi connectivity index (χ3v) is 5.95. The molecule has 3 amide bonds. The van der Waals surface area contributed by atoms with Gasteiger partial charge in [0.05, 0.1) is 10.6 Å². The van der Waals surface area contributed by atoms with Crippen molar-refractivity contribution in [1.82, 2.24) is 21.3 Å². The zero-order valence-electron chi connectivity index (χ0n) is 18.8. The SMILES string of the molecule is O=C(NCc1cccc(O)c1)c1ccc(C(=O)N[C@@H](CNC(=O)C2CCNCC2)C(=O)O)c(Cl)c1. The fourth-order valence-corrected chi connectivity index (χ4v) is 3.92. The van der Waals surface area contributed by atoms with Crippen molar-refractivity contribution >= 4 is 35.3 Å². The highest BCUT2D eigenvalue weighted by Crippen LogP contribution is 2.19. The van der Waals surface area contributed by atoms with Crippen molar-refractivity contribution in [2.75, 3.05) is 19.6 Å². The summed E-state index contributed by atoms with van der Waals surface area (Å²) in [6.45, 7) is 1.35. The van der Waals surface area contributed by atoms with E-state index < -0.39 is 23.8 Å². The number of carbonyl (C=O) groups excluding carboxylic acids is 3. The van der Waals surface area contributed by atoms with Crippen molar-refractivity contribution in [2.45, 2.75) is 25.4 Å². The molecule has 1 aliphatic rings. The topological polar surface area (TPSA) is 157 Å². The highest BCUT2D eigenvalue weighted by molar-refractivity contribution is 6.34. The van der Waals surface area contributed by atoms with Gasteiger partial charge in [0.15, 0.2) is 0 Å². The number of phenolic OH excluding ortho intramolecular Hbond substituents is 1. The Hall–Kier alpha value is -3.63. The summed E-state index contributed by atoms with van der Waals surface area (Å²) in [4.78, 5) is 49.0. The Bertz CT molecular complexity index is 1100. The summed E-state index contributed by atoms with van der Waals surface area (Å²) in [5.74, 6) is -2.84. The Kier molecular flexibility index (Phi) is 9.04. The van der Waals surface area contributed by atoms with Gasteiger partial charge >= 0.3 is 5.97 Å².